The van der Waals surface area contributed by atoms with Gasteiger partial charge in [0, 0.05) is 6.54 Å². The first-order valence-electron chi connectivity index (χ1n) is 6.89. The second-order valence-corrected chi connectivity index (χ2v) is 7.50. The van der Waals surface area contributed by atoms with Gasteiger partial charge in [-0.15, -0.1) is 11.3 Å². The van der Waals surface area contributed by atoms with Crippen LogP contribution in [0.2, 0.25) is 0 Å². The fraction of sp³-hybridized carbons (Fsp3) is 0.312. The third-order valence-corrected chi connectivity index (χ3v) is 5.41. The van der Waals surface area contributed by atoms with Crippen molar-refractivity contribution < 1.29 is 9.53 Å². The molecule has 110 valence electrons. The fourth-order valence-corrected chi connectivity index (χ4v) is 4.10. The zero-order valence-corrected chi connectivity index (χ0v) is 14.1. The second-order valence-electron chi connectivity index (χ2n) is 5.03. The highest BCUT2D eigenvalue weighted by atomic mass is 79.9. The van der Waals surface area contributed by atoms with E-state index in [1.54, 1.807) is 7.11 Å². The summed E-state index contributed by atoms with van der Waals surface area (Å²) in [5.41, 5.74) is 1.18. The summed E-state index contributed by atoms with van der Waals surface area (Å²) in [6.07, 6.45) is 2.07. The van der Waals surface area contributed by atoms with Crippen LogP contribution in [-0.4, -0.2) is 24.5 Å². The maximum atomic E-state index is 12.7. The van der Waals surface area contributed by atoms with E-state index in [9.17, 15) is 4.79 Å². The van der Waals surface area contributed by atoms with Crippen molar-refractivity contribution in [2.75, 3.05) is 13.7 Å². The number of ether oxygens (including phenoxy) is 1. The highest BCUT2D eigenvalue weighted by Crippen LogP contribution is 2.35. The van der Waals surface area contributed by atoms with E-state index in [2.05, 4.69) is 28.1 Å². The van der Waals surface area contributed by atoms with Crippen LogP contribution in [0.4, 0.5) is 0 Å². The summed E-state index contributed by atoms with van der Waals surface area (Å²) < 4.78 is 6.19. The number of likely N-dealkylation sites (tertiary alicyclic amines) is 1. The van der Waals surface area contributed by atoms with Crippen LogP contribution in [0.25, 0.3) is 0 Å². The largest absolute Gasteiger partial charge is 0.497 e. The van der Waals surface area contributed by atoms with Crippen molar-refractivity contribution in [1.82, 2.24) is 4.90 Å². The Hall–Kier alpha value is -1.33. The highest BCUT2D eigenvalue weighted by molar-refractivity contribution is 9.11. The number of thiophene rings is 1. The van der Waals surface area contributed by atoms with Gasteiger partial charge in [-0.2, -0.15) is 0 Å². The second kappa shape index (κ2) is 6.20. The van der Waals surface area contributed by atoms with E-state index in [-0.39, 0.29) is 11.9 Å². The number of nitrogens with zero attached hydrogens (tertiary/aromatic N) is 1. The van der Waals surface area contributed by atoms with E-state index in [1.807, 2.05) is 29.2 Å². The van der Waals surface area contributed by atoms with E-state index in [0.717, 1.165) is 33.8 Å². The van der Waals surface area contributed by atoms with Gasteiger partial charge in [-0.05, 0) is 58.6 Å². The lowest BCUT2D eigenvalue weighted by Gasteiger charge is -2.24. The molecule has 1 aromatic carbocycles. The van der Waals surface area contributed by atoms with Gasteiger partial charge in [0.25, 0.3) is 5.91 Å². The number of halogens is 1. The summed E-state index contributed by atoms with van der Waals surface area (Å²) in [7, 11) is 1.66. The zero-order valence-electron chi connectivity index (χ0n) is 11.7. The number of carbonyl (C=O) groups is 1. The summed E-state index contributed by atoms with van der Waals surface area (Å²) in [5, 5.41) is 0. The van der Waals surface area contributed by atoms with E-state index >= 15 is 0 Å². The van der Waals surface area contributed by atoms with Crippen LogP contribution < -0.4 is 4.74 Å². The summed E-state index contributed by atoms with van der Waals surface area (Å²) in [4.78, 5) is 15.4. The van der Waals surface area contributed by atoms with Gasteiger partial charge in [0.1, 0.15) is 5.75 Å². The van der Waals surface area contributed by atoms with Crippen LogP contribution in [-0.2, 0) is 0 Å². The van der Waals surface area contributed by atoms with Gasteiger partial charge in [0.05, 0.1) is 21.8 Å². The average Bonchev–Trinajstić information content (AvgIpc) is 3.15. The highest BCUT2D eigenvalue weighted by Gasteiger charge is 2.31. The van der Waals surface area contributed by atoms with Crippen molar-refractivity contribution in [3.63, 3.8) is 0 Å². The standard InChI is InChI=1S/C16H16BrNO2S/c1-20-12-6-4-11(5-7-12)13-3-2-10-18(13)16(19)14-8-9-15(17)21-14/h4-9,13H,2-3,10H2,1H3/t13-/m1/s1. The number of amides is 1. The van der Waals surface area contributed by atoms with Crippen LogP contribution in [0.15, 0.2) is 40.2 Å². The molecule has 1 saturated heterocycles. The molecule has 21 heavy (non-hydrogen) atoms. The minimum atomic E-state index is 0.129. The van der Waals surface area contributed by atoms with Crippen molar-refractivity contribution >= 4 is 33.2 Å². The average molecular weight is 366 g/mol. The Morgan fingerprint density at radius 1 is 1.29 bits per heavy atom. The quantitative estimate of drug-likeness (QED) is 0.801. The van der Waals surface area contributed by atoms with Crippen molar-refractivity contribution in [2.45, 2.75) is 18.9 Å². The van der Waals surface area contributed by atoms with Crippen molar-refractivity contribution in [3.05, 3.63) is 50.6 Å². The molecule has 1 fully saturated rings. The fourth-order valence-electron chi connectivity index (χ4n) is 2.75. The predicted octanol–water partition coefficient (Wildman–Crippen LogP) is 4.50. The first-order valence-corrected chi connectivity index (χ1v) is 8.50. The van der Waals surface area contributed by atoms with Crippen LogP contribution in [0.5, 0.6) is 5.75 Å². The normalized spacial score (nSPS) is 18.0. The minimum Gasteiger partial charge on any atom is -0.497 e. The first kappa shape index (κ1) is 14.6. The lowest BCUT2D eigenvalue weighted by Crippen LogP contribution is -2.29. The first-order chi connectivity index (χ1) is 10.2. The number of methoxy groups -OCH3 is 1. The minimum absolute atomic E-state index is 0.129. The van der Waals surface area contributed by atoms with E-state index in [1.165, 1.54) is 16.9 Å². The Kier molecular flexibility index (Phi) is 4.31. The Bertz CT molecular complexity index is 638. The van der Waals surface area contributed by atoms with Crippen molar-refractivity contribution in [1.29, 1.82) is 0 Å². The summed E-state index contributed by atoms with van der Waals surface area (Å²) in [5.74, 6) is 0.973. The molecular weight excluding hydrogens is 350 g/mol. The number of hydrogen-bond acceptors (Lipinski definition) is 3. The van der Waals surface area contributed by atoms with Gasteiger partial charge >= 0.3 is 0 Å². The van der Waals surface area contributed by atoms with Gasteiger partial charge in [-0.3, -0.25) is 4.79 Å². The van der Waals surface area contributed by atoms with Crippen molar-refractivity contribution in [3.8, 4) is 5.75 Å². The van der Waals surface area contributed by atoms with Crippen LogP contribution >= 0.6 is 27.3 Å². The molecule has 1 aromatic heterocycles. The van der Waals surface area contributed by atoms with Crippen LogP contribution in [0.3, 0.4) is 0 Å². The number of hydrogen-bond donors (Lipinski definition) is 0. The molecule has 1 amide bonds. The maximum absolute atomic E-state index is 12.7. The maximum Gasteiger partial charge on any atom is 0.264 e. The molecular formula is C16H16BrNO2S. The molecule has 2 aromatic rings. The molecule has 0 unspecified atom stereocenters. The van der Waals surface area contributed by atoms with Crippen LogP contribution in [0.1, 0.15) is 34.1 Å². The third-order valence-electron chi connectivity index (χ3n) is 3.80. The van der Waals surface area contributed by atoms with Crippen LogP contribution in [0, 0.1) is 0 Å². The molecule has 0 radical (unpaired) electrons. The molecule has 0 saturated carbocycles. The SMILES string of the molecule is COc1ccc([C@H]2CCCN2C(=O)c2ccc(Br)s2)cc1. The van der Waals surface area contributed by atoms with Gasteiger partial charge in [0.2, 0.25) is 0 Å². The molecule has 5 heteroatoms. The lowest BCUT2D eigenvalue weighted by molar-refractivity contribution is 0.0740. The summed E-state index contributed by atoms with van der Waals surface area (Å²) >= 11 is 4.91. The molecule has 0 aliphatic carbocycles. The predicted molar refractivity (Wildman–Crippen MR) is 88.0 cm³/mol. The number of benzene rings is 1. The molecule has 0 N–H and O–H groups in total. The molecule has 0 bridgehead atoms. The Labute approximate surface area is 136 Å². The zero-order chi connectivity index (χ0) is 14.8. The van der Waals surface area contributed by atoms with E-state index in [4.69, 9.17) is 4.74 Å². The molecule has 3 nitrogen and oxygen atoms in total. The van der Waals surface area contributed by atoms with E-state index in [0.29, 0.717) is 0 Å². The molecule has 0 spiro atoms. The monoisotopic (exact) mass is 365 g/mol. The van der Waals surface area contributed by atoms with Gasteiger partial charge in [-0.1, -0.05) is 12.1 Å². The molecule has 1 aliphatic heterocycles. The van der Waals surface area contributed by atoms with E-state index < -0.39 is 0 Å². The summed E-state index contributed by atoms with van der Waals surface area (Å²) in [6.45, 7) is 0.824. The number of rotatable bonds is 3. The van der Waals surface area contributed by atoms with Gasteiger partial charge in [-0.25, -0.2) is 0 Å². The molecule has 1 aliphatic rings. The topological polar surface area (TPSA) is 29.5 Å². The smallest absolute Gasteiger partial charge is 0.264 e. The molecule has 2 heterocycles. The lowest BCUT2D eigenvalue weighted by atomic mass is 10.0. The molecule has 1 atom stereocenters. The summed E-state index contributed by atoms with van der Waals surface area (Å²) in [6, 6.07) is 12.0. The number of carbonyl (C=O) groups excluding carboxylic acids is 1. The van der Waals surface area contributed by atoms with Crippen molar-refractivity contribution in [2.24, 2.45) is 0 Å². The Morgan fingerprint density at radius 2 is 2.05 bits per heavy atom. The Morgan fingerprint density at radius 3 is 2.67 bits per heavy atom. The third kappa shape index (κ3) is 2.99. The Balaban J connectivity index is 1.83. The molecule has 3 rings (SSSR count). The van der Waals surface area contributed by atoms with Gasteiger partial charge < -0.3 is 9.64 Å². The van der Waals surface area contributed by atoms with Gasteiger partial charge in [0.15, 0.2) is 0 Å².